The predicted molar refractivity (Wildman–Crippen MR) is 128 cm³/mol. The van der Waals surface area contributed by atoms with Gasteiger partial charge in [0.05, 0.1) is 16.7 Å². The molecule has 0 radical (unpaired) electrons. The largest absolute Gasteiger partial charge is 0.308 e. The number of anilines is 1. The van der Waals surface area contributed by atoms with Crippen molar-refractivity contribution in [1.29, 1.82) is 0 Å². The maximum atomic E-state index is 13.4. The first-order valence-electron chi connectivity index (χ1n) is 10.5. The summed E-state index contributed by atoms with van der Waals surface area (Å²) in [6.07, 6.45) is 2.52. The first-order valence-corrected chi connectivity index (χ1v) is 11.5. The van der Waals surface area contributed by atoms with Crippen LogP contribution >= 0.6 is 11.8 Å². The van der Waals surface area contributed by atoms with Crippen molar-refractivity contribution < 1.29 is 4.79 Å². The molecule has 0 bridgehead atoms. The number of carbonyl (C=O) groups excluding carboxylic acids is 1. The molecule has 0 aliphatic carbocycles. The molecule has 0 saturated carbocycles. The number of benzene rings is 2. The van der Waals surface area contributed by atoms with E-state index in [0.29, 0.717) is 21.9 Å². The number of rotatable bonds is 4. The fourth-order valence-corrected chi connectivity index (χ4v) is 5.06. The molecule has 7 heteroatoms. The zero-order valence-corrected chi connectivity index (χ0v) is 18.7. The SMILES string of the molecule is Cc1ccnc(-n2c(SCC(=O)N3c4ccccc4CC3C)nc3ccccc3c2=O)c1. The smallest absolute Gasteiger partial charge is 0.267 e. The van der Waals surface area contributed by atoms with E-state index in [-0.39, 0.29) is 23.3 Å². The van der Waals surface area contributed by atoms with Crippen LogP contribution in [-0.2, 0) is 11.2 Å². The lowest BCUT2D eigenvalue weighted by molar-refractivity contribution is -0.116. The van der Waals surface area contributed by atoms with Crippen LogP contribution in [0.1, 0.15) is 18.1 Å². The second kappa shape index (κ2) is 8.24. The van der Waals surface area contributed by atoms with Crippen LogP contribution in [0, 0.1) is 6.92 Å². The van der Waals surface area contributed by atoms with E-state index in [2.05, 4.69) is 18.0 Å². The quantitative estimate of drug-likeness (QED) is 0.351. The molecule has 4 aromatic rings. The highest BCUT2D eigenvalue weighted by atomic mass is 32.2. The lowest BCUT2D eigenvalue weighted by atomic mass is 10.1. The summed E-state index contributed by atoms with van der Waals surface area (Å²) in [5.41, 5.74) is 3.56. The Labute approximate surface area is 189 Å². The Bertz CT molecular complexity index is 1400. The van der Waals surface area contributed by atoms with Crippen molar-refractivity contribution in [3.63, 3.8) is 0 Å². The average molecular weight is 443 g/mol. The Balaban J connectivity index is 1.52. The summed E-state index contributed by atoms with van der Waals surface area (Å²) >= 11 is 1.27. The van der Waals surface area contributed by atoms with E-state index in [1.807, 2.05) is 60.4 Å². The van der Waals surface area contributed by atoms with E-state index >= 15 is 0 Å². The summed E-state index contributed by atoms with van der Waals surface area (Å²) < 4.78 is 1.51. The van der Waals surface area contributed by atoms with E-state index in [1.165, 1.54) is 21.9 Å². The normalized spacial score (nSPS) is 15.2. The fraction of sp³-hybridized carbons (Fsp3) is 0.200. The van der Waals surface area contributed by atoms with Gasteiger partial charge in [-0.2, -0.15) is 0 Å². The van der Waals surface area contributed by atoms with Gasteiger partial charge in [0.25, 0.3) is 5.56 Å². The van der Waals surface area contributed by atoms with Gasteiger partial charge >= 0.3 is 0 Å². The molecular formula is C25H22N4O2S. The lowest BCUT2D eigenvalue weighted by Gasteiger charge is -2.22. The second-order valence-electron chi connectivity index (χ2n) is 7.98. The van der Waals surface area contributed by atoms with Crippen molar-refractivity contribution in [2.24, 2.45) is 0 Å². The van der Waals surface area contributed by atoms with Crippen LogP contribution in [-0.4, -0.2) is 32.2 Å². The zero-order chi connectivity index (χ0) is 22.2. The van der Waals surface area contributed by atoms with Gasteiger partial charge in [-0.25, -0.2) is 14.5 Å². The Morgan fingerprint density at radius 2 is 1.91 bits per heavy atom. The van der Waals surface area contributed by atoms with E-state index < -0.39 is 0 Å². The number of hydrogen-bond donors (Lipinski definition) is 0. The molecule has 1 aliphatic heterocycles. The van der Waals surface area contributed by atoms with Crippen LogP contribution < -0.4 is 10.5 Å². The topological polar surface area (TPSA) is 68.1 Å². The highest BCUT2D eigenvalue weighted by Gasteiger charge is 2.30. The Morgan fingerprint density at radius 1 is 1.12 bits per heavy atom. The van der Waals surface area contributed by atoms with Crippen LogP contribution in [0.5, 0.6) is 0 Å². The van der Waals surface area contributed by atoms with E-state index in [1.54, 1.807) is 12.3 Å². The number of thioether (sulfide) groups is 1. The third kappa shape index (κ3) is 3.58. The highest BCUT2D eigenvalue weighted by Crippen LogP contribution is 2.33. The molecule has 1 unspecified atom stereocenters. The Hall–Kier alpha value is -3.45. The van der Waals surface area contributed by atoms with Crippen molar-refractivity contribution in [3.05, 3.63) is 88.3 Å². The number of amides is 1. The molecule has 0 fully saturated rings. The molecular weight excluding hydrogens is 420 g/mol. The standard InChI is InChI=1S/C25H22N4O2S/c1-16-11-12-26-22(13-16)29-24(31)19-8-4-5-9-20(19)27-25(29)32-15-23(30)28-17(2)14-18-7-3-6-10-21(18)28/h3-13,17H,14-15H2,1-2H3. The minimum atomic E-state index is -0.191. The van der Waals surface area contributed by atoms with Gasteiger partial charge in [0.15, 0.2) is 5.16 Å². The summed E-state index contributed by atoms with van der Waals surface area (Å²) in [7, 11) is 0. The average Bonchev–Trinajstić information content (AvgIpc) is 3.13. The second-order valence-corrected chi connectivity index (χ2v) is 8.92. The first kappa shape index (κ1) is 20.5. The molecule has 0 spiro atoms. The van der Waals surface area contributed by atoms with Crippen LogP contribution in [0.15, 0.2) is 76.8 Å². The molecule has 32 heavy (non-hydrogen) atoms. The summed E-state index contributed by atoms with van der Waals surface area (Å²) in [4.78, 5) is 37.5. The summed E-state index contributed by atoms with van der Waals surface area (Å²) in [6, 6.07) is 19.1. The Kier molecular flexibility index (Phi) is 5.27. The van der Waals surface area contributed by atoms with Crippen molar-refractivity contribution in [2.45, 2.75) is 31.5 Å². The summed E-state index contributed by atoms with van der Waals surface area (Å²) in [5.74, 6) is 0.677. The first-order chi connectivity index (χ1) is 15.5. The Morgan fingerprint density at radius 3 is 2.75 bits per heavy atom. The van der Waals surface area contributed by atoms with Gasteiger partial charge in [0.2, 0.25) is 5.91 Å². The summed E-state index contributed by atoms with van der Waals surface area (Å²) in [6.45, 7) is 4.01. The third-order valence-corrected chi connectivity index (χ3v) is 6.60. The van der Waals surface area contributed by atoms with Gasteiger partial charge in [0, 0.05) is 17.9 Å². The van der Waals surface area contributed by atoms with E-state index in [4.69, 9.17) is 4.98 Å². The molecule has 6 nitrogen and oxygen atoms in total. The number of nitrogens with zero attached hydrogens (tertiary/aromatic N) is 4. The number of aryl methyl sites for hydroxylation is 1. The third-order valence-electron chi connectivity index (χ3n) is 5.68. The number of aromatic nitrogens is 3. The highest BCUT2D eigenvalue weighted by molar-refractivity contribution is 7.99. The predicted octanol–water partition coefficient (Wildman–Crippen LogP) is 4.16. The monoisotopic (exact) mass is 442 g/mol. The molecule has 1 aliphatic rings. The lowest BCUT2D eigenvalue weighted by Crippen LogP contribution is -2.37. The van der Waals surface area contributed by atoms with Gasteiger partial charge in [0.1, 0.15) is 5.82 Å². The van der Waals surface area contributed by atoms with Crippen LogP contribution in [0.4, 0.5) is 5.69 Å². The maximum Gasteiger partial charge on any atom is 0.267 e. The van der Waals surface area contributed by atoms with Crippen molar-refractivity contribution in [1.82, 2.24) is 14.5 Å². The van der Waals surface area contributed by atoms with E-state index in [0.717, 1.165) is 17.7 Å². The van der Waals surface area contributed by atoms with Gasteiger partial charge in [-0.15, -0.1) is 0 Å². The van der Waals surface area contributed by atoms with Crippen LogP contribution in [0.25, 0.3) is 16.7 Å². The maximum absolute atomic E-state index is 13.4. The number of hydrogen-bond acceptors (Lipinski definition) is 5. The molecule has 1 atom stereocenters. The number of fused-ring (bicyclic) bond motifs is 2. The number of pyridine rings is 1. The molecule has 2 aromatic heterocycles. The molecule has 1 amide bonds. The van der Waals surface area contributed by atoms with Crippen LogP contribution in [0.3, 0.4) is 0 Å². The number of para-hydroxylation sites is 2. The minimum absolute atomic E-state index is 0.00129. The number of carbonyl (C=O) groups is 1. The molecule has 3 heterocycles. The van der Waals surface area contributed by atoms with E-state index in [9.17, 15) is 9.59 Å². The fourth-order valence-electron chi connectivity index (χ4n) is 4.20. The van der Waals surface area contributed by atoms with Gasteiger partial charge in [-0.3, -0.25) is 9.59 Å². The molecule has 160 valence electrons. The molecule has 0 N–H and O–H groups in total. The van der Waals surface area contributed by atoms with Gasteiger partial charge < -0.3 is 4.90 Å². The molecule has 5 rings (SSSR count). The molecule has 0 saturated heterocycles. The minimum Gasteiger partial charge on any atom is -0.308 e. The van der Waals surface area contributed by atoms with Crippen molar-refractivity contribution in [3.8, 4) is 5.82 Å². The van der Waals surface area contributed by atoms with Crippen molar-refractivity contribution in [2.75, 3.05) is 10.7 Å². The van der Waals surface area contributed by atoms with Crippen molar-refractivity contribution >= 4 is 34.3 Å². The van der Waals surface area contributed by atoms with Crippen LogP contribution in [0.2, 0.25) is 0 Å². The summed E-state index contributed by atoms with van der Waals surface area (Å²) in [5, 5.41) is 0.980. The molecule has 2 aromatic carbocycles. The van der Waals surface area contributed by atoms with Gasteiger partial charge in [-0.05, 0) is 61.7 Å². The zero-order valence-electron chi connectivity index (χ0n) is 17.9. The van der Waals surface area contributed by atoms with Gasteiger partial charge in [-0.1, -0.05) is 42.1 Å².